The second kappa shape index (κ2) is 6.07. The Hall–Kier alpha value is -1.54. The van der Waals surface area contributed by atoms with Gasteiger partial charge in [0.15, 0.2) is 0 Å². The molecule has 0 bridgehead atoms. The van der Waals surface area contributed by atoms with Crippen LogP contribution in [0.1, 0.15) is 30.5 Å². The van der Waals surface area contributed by atoms with Crippen LogP contribution in [0.2, 0.25) is 0 Å². The molecular weight excluding hydrogens is 260 g/mol. The maximum absolute atomic E-state index is 11.3. The summed E-state index contributed by atoms with van der Waals surface area (Å²) in [6.45, 7) is 0. The summed E-state index contributed by atoms with van der Waals surface area (Å²) in [5, 5.41) is 8.78. The van der Waals surface area contributed by atoms with E-state index in [2.05, 4.69) is 4.98 Å². The number of esters is 1. The van der Waals surface area contributed by atoms with E-state index >= 15 is 0 Å². The summed E-state index contributed by atoms with van der Waals surface area (Å²) in [6.07, 6.45) is 4.40. The van der Waals surface area contributed by atoms with Crippen LogP contribution < -0.4 is 0 Å². The van der Waals surface area contributed by atoms with Crippen LogP contribution in [0.5, 0.6) is 0 Å². The summed E-state index contributed by atoms with van der Waals surface area (Å²) in [7, 11) is 1.44. The normalized spacial score (nSPS) is 15.6. The molecule has 1 aromatic heterocycles. The van der Waals surface area contributed by atoms with E-state index in [9.17, 15) is 4.79 Å². The number of methoxy groups -OCH3 is 1. The van der Waals surface area contributed by atoms with E-state index in [1.807, 2.05) is 18.2 Å². The van der Waals surface area contributed by atoms with Crippen LogP contribution in [0.4, 0.5) is 0 Å². The SMILES string of the molecule is COC(=O)CC1(CSCc2ccnc(C#N)c2)CC1. The van der Waals surface area contributed by atoms with Gasteiger partial charge in [-0.3, -0.25) is 4.79 Å². The zero-order valence-electron chi connectivity index (χ0n) is 10.9. The predicted octanol–water partition coefficient (Wildman–Crippen LogP) is 2.53. The van der Waals surface area contributed by atoms with Crippen LogP contribution in [0.15, 0.2) is 18.3 Å². The summed E-state index contributed by atoms with van der Waals surface area (Å²) in [6, 6.07) is 5.78. The Bertz CT molecular complexity index is 506. The molecule has 0 aromatic carbocycles. The number of hydrogen-bond donors (Lipinski definition) is 0. The van der Waals surface area contributed by atoms with Crippen molar-refractivity contribution in [3.05, 3.63) is 29.6 Å². The minimum Gasteiger partial charge on any atom is -0.469 e. The molecule has 0 atom stereocenters. The third-order valence-electron chi connectivity index (χ3n) is 3.32. The van der Waals surface area contributed by atoms with Crippen molar-refractivity contribution in [3.63, 3.8) is 0 Å². The zero-order chi connectivity index (χ0) is 13.7. The molecule has 0 spiro atoms. The molecule has 0 N–H and O–H groups in total. The molecule has 0 radical (unpaired) electrons. The van der Waals surface area contributed by atoms with Gasteiger partial charge in [-0.2, -0.15) is 17.0 Å². The van der Waals surface area contributed by atoms with Crippen molar-refractivity contribution in [2.75, 3.05) is 12.9 Å². The molecule has 0 amide bonds. The Kier molecular flexibility index (Phi) is 4.43. The summed E-state index contributed by atoms with van der Waals surface area (Å²) in [4.78, 5) is 15.3. The first-order chi connectivity index (χ1) is 9.17. The summed E-state index contributed by atoms with van der Waals surface area (Å²) < 4.78 is 4.73. The first-order valence-electron chi connectivity index (χ1n) is 6.17. The highest BCUT2D eigenvalue weighted by atomic mass is 32.2. The topological polar surface area (TPSA) is 63.0 Å². The zero-order valence-corrected chi connectivity index (χ0v) is 11.7. The largest absolute Gasteiger partial charge is 0.469 e. The monoisotopic (exact) mass is 276 g/mol. The number of nitriles is 1. The van der Waals surface area contributed by atoms with E-state index < -0.39 is 0 Å². The van der Waals surface area contributed by atoms with Gasteiger partial charge in [0.2, 0.25) is 0 Å². The molecule has 0 saturated heterocycles. The highest BCUT2D eigenvalue weighted by molar-refractivity contribution is 7.98. The van der Waals surface area contributed by atoms with Crippen molar-refractivity contribution in [3.8, 4) is 6.07 Å². The van der Waals surface area contributed by atoms with Crippen LogP contribution in [0, 0.1) is 16.7 Å². The average Bonchev–Trinajstić information content (AvgIpc) is 3.18. The van der Waals surface area contributed by atoms with Crippen molar-refractivity contribution in [1.82, 2.24) is 4.98 Å². The lowest BCUT2D eigenvalue weighted by Gasteiger charge is -2.12. The average molecular weight is 276 g/mol. The molecule has 1 saturated carbocycles. The second-order valence-corrected chi connectivity index (χ2v) is 5.89. The fraction of sp³-hybridized carbons (Fsp3) is 0.500. The molecule has 1 heterocycles. The minimum absolute atomic E-state index is 0.117. The highest BCUT2D eigenvalue weighted by Crippen LogP contribution is 2.51. The molecule has 19 heavy (non-hydrogen) atoms. The predicted molar refractivity (Wildman–Crippen MR) is 73.4 cm³/mol. The van der Waals surface area contributed by atoms with E-state index in [0.717, 1.165) is 29.9 Å². The van der Waals surface area contributed by atoms with Crippen LogP contribution in [0.3, 0.4) is 0 Å². The Labute approximate surface area is 117 Å². The molecule has 4 nitrogen and oxygen atoms in total. The number of thioether (sulfide) groups is 1. The Balaban J connectivity index is 1.80. The maximum atomic E-state index is 11.3. The van der Waals surface area contributed by atoms with Gasteiger partial charge in [-0.05, 0) is 41.7 Å². The molecule has 1 fully saturated rings. The van der Waals surface area contributed by atoms with Gasteiger partial charge in [0.25, 0.3) is 0 Å². The van der Waals surface area contributed by atoms with E-state index in [4.69, 9.17) is 10.00 Å². The molecule has 1 aromatic rings. The van der Waals surface area contributed by atoms with Gasteiger partial charge in [0.1, 0.15) is 11.8 Å². The minimum atomic E-state index is -0.117. The number of hydrogen-bond acceptors (Lipinski definition) is 5. The van der Waals surface area contributed by atoms with Crippen LogP contribution in [-0.4, -0.2) is 23.8 Å². The number of carbonyl (C=O) groups is 1. The van der Waals surface area contributed by atoms with Crippen LogP contribution in [0.25, 0.3) is 0 Å². The fourth-order valence-electron chi connectivity index (χ4n) is 1.94. The number of ether oxygens (including phenoxy) is 1. The summed E-state index contributed by atoms with van der Waals surface area (Å²) in [5.41, 5.74) is 1.71. The van der Waals surface area contributed by atoms with Gasteiger partial charge < -0.3 is 4.74 Å². The van der Waals surface area contributed by atoms with Crippen molar-refractivity contribution < 1.29 is 9.53 Å². The van der Waals surface area contributed by atoms with E-state index in [1.54, 1.807) is 18.0 Å². The molecule has 1 aliphatic rings. The first-order valence-corrected chi connectivity index (χ1v) is 7.32. The smallest absolute Gasteiger partial charge is 0.306 e. The fourth-order valence-corrected chi connectivity index (χ4v) is 3.28. The number of nitrogens with zero attached hydrogens (tertiary/aromatic N) is 2. The Morgan fingerprint density at radius 2 is 2.42 bits per heavy atom. The lowest BCUT2D eigenvalue weighted by molar-refractivity contribution is -0.141. The Morgan fingerprint density at radius 1 is 1.63 bits per heavy atom. The van der Waals surface area contributed by atoms with Gasteiger partial charge in [-0.1, -0.05) is 0 Å². The van der Waals surface area contributed by atoms with E-state index in [-0.39, 0.29) is 11.4 Å². The number of aromatic nitrogens is 1. The molecular formula is C14H16N2O2S. The number of pyridine rings is 1. The maximum Gasteiger partial charge on any atom is 0.306 e. The molecule has 5 heteroatoms. The molecule has 100 valence electrons. The van der Waals surface area contributed by atoms with Gasteiger partial charge in [0, 0.05) is 11.9 Å². The Morgan fingerprint density at radius 3 is 3.05 bits per heavy atom. The van der Waals surface area contributed by atoms with Gasteiger partial charge in [0.05, 0.1) is 13.5 Å². The second-order valence-electron chi connectivity index (χ2n) is 4.91. The summed E-state index contributed by atoms with van der Waals surface area (Å²) >= 11 is 1.80. The first kappa shape index (κ1) is 13.9. The van der Waals surface area contributed by atoms with Gasteiger partial charge in [-0.15, -0.1) is 0 Å². The number of rotatable bonds is 6. The third kappa shape index (κ3) is 3.97. The lowest BCUT2D eigenvalue weighted by atomic mass is 10.1. The molecule has 2 rings (SSSR count). The van der Waals surface area contributed by atoms with Crippen LogP contribution in [-0.2, 0) is 15.3 Å². The van der Waals surface area contributed by atoms with Crippen LogP contribution >= 0.6 is 11.8 Å². The summed E-state index contributed by atoms with van der Waals surface area (Å²) in [5.74, 6) is 1.70. The highest BCUT2D eigenvalue weighted by Gasteiger charge is 2.44. The number of carbonyl (C=O) groups excluding carboxylic acids is 1. The van der Waals surface area contributed by atoms with Crippen molar-refractivity contribution in [2.24, 2.45) is 5.41 Å². The van der Waals surface area contributed by atoms with Crippen molar-refractivity contribution in [1.29, 1.82) is 5.26 Å². The van der Waals surface area contributed by atoms with Gasteiger partial charge in [-0.25, -0.2) is 4.98 Å². The van der Waals surface area contributed by atoms with Crippen molar-refractivity contribution in [2.45, 2.75) is 25.0 Å². The lowest BCUT2D eigenvalue weighted by Crippen LogP contribution is -2.13. The molecule has 0 aliphatic heterocycles. The quantitative estimate of drug-likeness (QED) is 0.747. The molecule has 0 unspecified atom stereocenters. The standard InChI is InChI=1S/C14H16N2O2S/c1-18-13(17)7-14(3-4-14)10-19-9-11-2-5-16-12(6-11)8-15/h2,5-6H,3-4,7,9-10H2,1H3. The van der Waals surface area contributed by atoms with E-state index in [1.165, 1.54) is 7.11 Å². The molecule has 1 aliphatic carbocycles. The van der Waals surface area contributed by atoms with E-state index in [0.29, 0.717) is 12.1 Å². The third-order valence-corrected chi connectivity index (χ3v) is 4.67. The van der Waals surface area contributed by atoms with Gasteiger partial charge >= 0.3 is 5.97 Å². The van der Waals surface area contributed by atoms with Crippen molar-refractivity contribution >= 4 is 17.7 Å².